The summed E-state index contributed by atoms with van der Waals surface area (Å²) in [5.74, 6) is -2.13. The summed E-state index contributed by atoms with van der Waals surface area (Å²) < 4.78 is 19.0. The van der Waals surface area contributed by atoms with E-state index in [2.05, 4.69) is 0 Å². The molecular weight excluding hydrogens is 277 g/mol. The standard InChI is InChI=1S/C15H20FNO4/c1-4-5-21-13-7-11(17)10(16)6-9(13)12(18)8-15(2,3)14(19)20/h6-7H,4-5,8,17H2,1-3H3,(H,19,20). The monoisotopic (exact) mass is 297 g/mol. The van der Waals surface area contributed by atoms with Crippen LogP contribution in [0.2, 0.25) is 0 Å². The third kappa shape index (κ3) is 4.18. The van der Waals surface area contributed by atoms with Gasteiger partial charge in [-0.25, -0.2) is 4.39 Å². The number of benzene rings is 1. The van der Waals surface area contributed by atoms with Crippen LogP contribution in [0.5, 0.6) is 5.75 Å². The van der Waals surface area contributed by atoms with Crippen molar-refractivity contribution in [2.45, 2.75) is 33.6 Å². The molecule has 0 bridgehead atoms. The number of ether oxygens (including phenoxy) is 1. The van der Waals surface area contributed by atoms with Crippen molar-refractivity contribution < 1.29 is 23.8 Å². The molecule has 0 atom stereocenters. The number of carboxylic acid groups (broad SMARTS) is 1. The van der Waals surface area contributed by atoms with Crippen molar-refractivity contribution in [2.24, 2.45) is 5.41 Å². The minimum atomic E-state index is -1.24. The Morgan fingerprint density at radius 1 is 1.38 bits per heavy atom. The molecule has 3 N–H and O–H groups in total. The Labute approximate surface area is 122 Å². The van der Waals surface area contributed by atoms with Gasteiger partial charge in [0.1, 0.15) is 11.6 Å². The first kappa shape index (κ1) is 16.9. The van der Waals surface area contributed by atoms with Gasteiger partial charge in [0.25, 0.3) is 0 Å². The lowest BCUT2D eigenvalue weighted by Crippen LogP contribution is -2.27. The first-order valence-electron chi connectivity index (χ1n) is 6.67. The van der Waals surface area contributed by atoms with Crippen LogP contribution >= 0.6 is 0 Å². The molecule has 21 heavy (non-hydrogen) atoms. The van der Waals surface area contributed by atoms with Crippen molar-refractivity contribution in [3.63, 3.8) is 0 Å². The summed E-state index contributed by atoms with van der Waals surface area (Å²) in [5, 5.41) is 9.07. The van der Waals surface area contributed by atoms with Gasteiger partial charge in [-0.2, -0.15) is 0 Å². The summed E-state index contributed by atoms with van der Waals surface area (Å²) in [5.41, 5.74) is 4.14. The normalized spacial score (nSPS) is 11.2. The topological polar surface area (TPSA) is 89.6 Å². The number of nitrogen functional groups attached to an aromatic ring is 1. The number of carbonyl (C=O) groups is 2. The highest BCUT2D eigenvalue weighted by atomic mass is 19.1. The molecule has 0 aliphatic rings. The van der Waals surface area contributed by atoms with E-state index in [1.54, 1.807) is 0 Å². The van der Waals surface area contributed by atoms with E-state index >= 15 is 0 Å². The van der Waals surface area contributed by atoms with Crippen LogP contribution in [-0.2, 0) is 4.79 Å². The first-order chi connectivity index (χ1) is 9.69. The van der Waals surface area contributed by atoms with E-state index in [4.69, 9.17) is 15.6 Å². The summed E-state index contributed by atoms with van der Waals surface area (Å²) in [4.78, 5) is 23.3. The second-order valence-corrected chi connectivity index (χ2v) is 5.51. The van der Waals surface area contributed by atoms with Crippen LogP contribution in [0.15, 0.2) is 12.1 Å². The number of nitrogens with two attached hydrogens (primary N) is 1. The van der Waals surface area contributed by atoms with Gasteiger partial charge < -0.3 is 15.6 Å². The number of hydrogen-bond donors (Lipinski definition) is 2. The Bertz CT molecular complexity index is 555. The van der Waals surface area contributed by atoms with Crippen molar-refractivity contribution in [3.05, 3.63) is 23.5 Å². The van der Waals surface area contributed by atoms with E-state index in [0.717, 1.165) is 6.07 Å². The number of Topliss-reactive ketones (excluding diaryl/α,β-unsaturated/α-hetero) is 1. The fraction of sp³-hybridized carbons (Fsp3) is 0.467. The molecule has 5 nitrogen and oxygen atoms in total. The molecule has 116 valence electrons. The molecular formula is C15H20FNO4. The average Bonchev–Trinajstić information content (AvgIpc) is 2.38. The summed E-state index contributed by atoms with van der Waals surface area (Å²) in [7, 11) is 0. The average molecular weight is 297 g/mol. The number of ketones is 1. The van der Waals surface area contributed by atoms with Crippen molar-refractivity contribution in [1.29, 1.82) is 0 Å². The van der Waals surface area contributed by atoms with Crippen LogP contribution in [0.4, 0.5) is 10.1 Å². The van der Waals surface area contributed by atoms with Gasteiger partial charge in [0, 0.05) is 12.5 Å². The second kappa shape index (κ2) is 6.56. The minimum Gasteiger partial charge on any atom is -0.493 e. The van der Waals surface area contributed by atoms with Crippen LogP contribution in [0.1, 0.15) is 44.0 Å². The fourth-order valence-electron chi connectivity index (χ4n) is 1.69. The Morgan fingerprint density at radius 3 is 2.52 bits per heavy atom. The summed E-state index contributed by atoms with van der Waals surface area (Å²) in [6, 6.07) is 2.26. The van der Waals surface area contributed by atoms with Crippen LogP contribution in [-0.4, -0.2) is 23.5 Å². The predicted octanol–water partition coefficient (Wildman–Crippen LogP) is 2.88. The molecule has 0 amide bonds. The van der Waals surface area contributed by atoms with Crippen molar-refractivity contribution in [2.75, 3.05) is 12.3 Å². The van der Waals surface area contributed by atoms with Crippen molar-refractivity contribution in [3.8, 4) is 5.75 Å². The highest BCUT2D eigenvalue weighted by Crippen LogP contribution is 2.30. The Balaban J connectivity index is 3.12. The van der Waals surface area contributed by atoms with Gasteiger partial charge in [-0.3, -0.25) is 9.59 Å². The molecule has 0 radical (unpaired) electrons. The van der Waals surface area contributed by atoms with E-state index in [-0.39, 0.29) is 23.4 Å². The van der Waals surface area contributed by atoms with Crippen LogP contribution < -0.4 is 10.5 Å². The van der Waals surface area contributed by atoms with Gasteiger partial charge in [0.2, 0.25) is 0 Å². The van der Waals surface area contributed by atoms with E-state index < -0.39 is 23.0 Å². The van der Waals surface area contributed by atoms with Gasteiger partial charge in [-0.05, 0) is 26.3 Å². The molecule has 0 aliphatic heterocycles. The van der Waals surface area contributed by atoms with Gasteiger partial charge in [-0.1, -0.05) is 6.92 Å². The molecule has 6 heteroatoms. The number of carboxylic acids is 1. The Morgan fingerprint density at radius 2 is 2.00 bits per heavy atom. The smallest absolute Gasteiger partial charge is 0.309 e. The van der Waals surface area contributed by atoms with E-state index in [9.17, 15) is 14.0 Å². The maximum absolute atomic E-state index is 13.6. The summed E-state index contributed by atoms with van der Waals surface area (Å²) in [6.07, 6.45) is 0.458. The molecule has 1 rings (SSSR count). The number of hydrogen-bond acceptors (Lipinski definition) is 4. The highest BCUT2D eigenvalue weighted by Gasteiger charge is 2.31. The minimum absolute atomic E-state index is 0.0180. The number of aliphatic carboxylic acids is 1. The molecule has 0 aromatic heterocycles. The zero-order valence-corrected chi connectivity index (χ0v) is 12.4. The second-order valence-electron chi connectivity index (χ2n) is 5.51. The van der Waals surface area contributed by atoms with E-state index in [1.807, 2.05) is 6.92 Å². The van der Waals surface area contributed by atoms with Crippen LogP contribution in [0.3, 0.4) is 0 Å². The lowest BCUT2D eigenvalue weighted by Gasteiger charge is -2.19. The largest absolute Gasteiger partial charge is 0.493 e. The van der Waals surface area contributed by atoms with E-state index in [1.165, 1.54) is 19.9 Å². The van der Waals surface area contributed by atoms with Crippen molar-refractivity contribution in [1.82, 2.24) is 0 Å². The van der Waals surface area contributed by atoms with E-state index in [0.29, 0.717) is 13.0 Å². The number of halogens is 1. The third-order valence-electron chi connectivity index (χ3n) is 3.04. The highest BCUT2D eigenvalue weighted by molar-refractivity contribution is 6.01. The molecule has 1 aromatic rings. The Hall–Kier alpha value is -2.11. The maximum atomic E-state index is 13.6. The molecule has 0 heterocycles. The number of carbonyl (C=O) groups excluding carboxylic acids is 1. The van der Waals surface area contributed by atoms with Gasteiger partial charge in [0.05, 0.1) is 23.3 Å². The third-order valence-corrected chi connectivity index (χ3v) is 3.04. The molecule has 1 aromatic carbocycles. The lowest BCUT2D eigenvalue weighted by atomic mass is 9.85. The predicted molar refractivity (Wildman–Crippen MR) is 77.0 cm³/mol. The molecule has 0 unspecified atom stereocenters. The summed E-state index contributed by atoms with van der Waals surface area (Å²) in [6.45, 7) is 5.12. The maximum Gasteiger partial charge on any atom is 0.309 e. The summed E-state index contributed by atoms with van der Waals surface area (Å²) >= 11 is 0. The molecule has 0 aliphatic carbocycles. The molecule has 0 fully saturated rings. The first-order valence-corrected chi connectivity index (χ1v) is 6.67. The lowest BCUT2D eigenvalue weighted by molar-refractivity contribution is -0.146. The zero-order valence-electron chi connectivity index (χ0n) is 12.4. The zero-order chi connectivity index (χ0) is 16.2. The quantitative estimate of drug-likeness (QED) is 0.596. The SMILES string of the molecule is CCCOc1cc(N)c(F)cc1C(=O)CC(C)(C)C(=O)O. The Kier molecular flexibility index (Phi) is 5.29. The van der Waals surface area contributed by atoms with Crippen LogP contribution in [0.25, 0.3) is 0 Å². The number of anilines is 1. The molecule has 0 saturated carbocycles. The van der Waals surface area contributed by atoms with Crippen LogP contribution in [0, 0.1) is 11.2 Å². The fourth-order valence-corrected chi connectivity index (χ4v) is 1.69. The van der Waals surface area contributed by atoms with Gasteiger partial charge in [-0.15, -0.1) is 0 Å². The van der Waals surface area contributed by atoms with Gasteiger partial charge >= 0.3 is 5.97 Å². The molecule has 0 spiro atoms. The number of rotatable bonds is 7. The molecule has 0 saturated heterocycles. The van der Waals surface area contributed by atoms with Crippen molar-refractivity contribution >= 4 is 17.4 Å². The van der Waals surface area contributed by atoms with Gasteiger partial charge in [0.15, 0.2) is 5.78 Å².